The van der Waals surface area contributed by atoms with E-state index < -0.39 is 0 Å². The topological polar surface area (TPSA) is 55.1 Å². The van der Waals surface area contributed by atoms with Crippen molar-refractivity contribution in [2.75, 3.05) is 0 Å². The summed E-state index contributed by atoms with van der Waals surface area (Å²) in [5.74, 6) is 0.533. The Morgan fingerprint density at radius 3 is 3.23 bits per heavy atom. The maximum atomic E-state index is 11.4. The highest BCUT2D eigenvalue weighted by Gasteiger charge is 2.36. The number of carbonyl (C=O) groups is 1. The smallest absolute Gasteiger partial charge is 0.273 e. The lowest BCUT2D eigenvalue weighted by atomic mass is 10.3. The third-order valence-corrected chi connectivity index (χ3v) is 2.43. The molecule has 1 aromatic heterocycles. The normalized spacial score (nSPS) is 25.6. The average molecular weight is 180 g/mol. The Balaban J connectivity index is 1.87. The van der Waals surface area contributed by atoms with E-state index in [1.165, 1.54) is 12.7 Å². The van der Waals surface area contributed by atoms with Crippen LogP contribution in [0.1, 0.15) is 30.3 Å². The molecule has 1 heterocycles. The van der Waals surface area contributed by atoms with E-state index in [0.717, 1.165) is 12.8 Å². The molecule has 0 aromatic carbocycles. The van der Waals surface area contributed by atoms with Gasteiger partial charge in [0, 0.05) is 6.04 Å². The first-order valence-electron chi connectivity index (χ1n) is 4.50. The molecule has 1 saturated carbocycles. The largest absolute Gasteiger partial charge is 0.451 e. The lowest BCUT2D eigenvalue weighted by Gasteiger charge is -1.99. The van der Waals surface area contributed by atoms with Crippen molar-refractivity contribution in [1.29, 1.82) is 0 Å². The summed E-state index contributed by atoms with van der Waals surface area (Å²) in [5.41, 5.74) is 0.363. The predicted molar refractivity (Wildman–Crippen MR) is 46.2 cm³/mol. The molecular formula is C9H12N2O2. The minimum atomic E-state index is -0.130. The van der Waals surface area contributed by atoms with Crippen molar-refractivity contribution >= 4 is 5.91 Å². The van der Waals surface area contributed by atoms with Gasteiger partial charge in [0.15, 0.2) is 12.1 Å². The van der Waals surface area contributed by atoms with E-state index in [2.05, 4.69) is 17.2 Å². The number of hydrogen-bond donors (Lipinski definition) is 1. The molecule has 1 fully saturated rings. The standard InChI is InChI=1S/C9H12N2O2/c1-2-6-3-7(6)11-9(12)8-4-13-5-10-8/h4-7H,2-3H2,1H3,(H,11,12). The molecule has 2 unspecified atom stereocenters. The molecule has 0 saturated heterocycles. The fraction of sp³-hybridized carbons (Fsp3) is 0.556. The fourth-order valence-corrected chi connectivity index (χ4v) is 1.44. The number of oxazole rings is 1. The van der Waals surface area contributed by atoms with Gasteiger partial charge in [0.25, 0.3) is 5.91 Å². The summed E-state index contributed by atoms with van der Waals surface area (Å²) in [6.07, 6.45) is 4.85. The van der Waals surface area contributed by atoms with Crippen LogP contribution in [0.2, 0.25) is 0 Å². The lowest BCUT2D eigenvalue weighted by molar-refractivity contribution is 0.0944. The van der Waals surface area contributed by atoms with Gasteiger partial charge in [-0.15, -0.1) is 0 Å². The quantitative estimate of drug-likeness (QED) is 0.760. The van der Waals surface area contributed by atoms with Gasteiger partial charge in [-0.2, -0.15) is 0 Å². The van der Waals surface area contributed by atoms with Gasteiger partial charge in [-0.05, 0) is 12.3 Å². The van der Waals surface area contributed by atoms with Crippen LogP contribution in [0.3, 0.4) is 0 Å². The first-order valence-corrected chi connectivity index (χ1v) is 4.50. The minimum absolute atomic E-state index is 0.130. The lowest BCUT2D eigenvalue weighted by Crippen LogP contribution is -2.26. The van der Waals surface area contributed by atoms with Gasteiger partial charge in [0.05, 0.1) is 0 Å². The van der Waals surface area contributed by atoms with Gasteiger partial charge in [-0.1, -0.05) is 13.3 Å². The Kier molecular flexibility index (Phi) is 2.04. The van der Waals surface area contributed by atoms with E-state index in [9.17, 15) is 4.79 Å². The van der Waals surface area contributed by atoms with Crippen molar-refractivity contribution in [3.05, 3.63) is 18.4 Å². The maximum Gasteiger partial charge on any atom is 0.273 e. The van der Waals surface area contributed by atoms with Crippen LogP contribution in [0.5, 0.6) is 0 Å². The summed E-state index contributed by atoms with van der Waals surface area (Å²) in [4.78, 5) is 15.2. The van der Waals surface area contributed by atoms with E-state index in [-0.39, 0.29) is 5.91 Å². The molecule has 1 amide bonds. The molecule has 0 spiro atoms. The fourth-order valence-electron chi connectivity index (χ4n) is 1.44. The van der Waals surface area contributed by atoms with Crippen molar-refractivity contribution in [3.63, 3.8) is 0 Å². The highest BCUT2D eigenvalue weighted by Crippen LogP contribution is 2.33. The SMILES string of the molecule is CCC1CC1NC(=O)c1cocn1. The van der Waals surface area contributed by atoms with Crippen molar-refractivity contribution < 1.29 is 9.21 Å². The maximum absolute atomic E-state index is 11.4. The number of hydrogen-bond acceptors (Lipinski definition) is 3. The second-order valence-electron chi connectivity index (χ2n) is 3.36. The van der Waals surface area contributed by atoms with E-state index >= 15 is 0 Å². The number of nitrogens with zero attached hydrogens (tertiary/aromatic N) is 1. The van der Waals surface area contributed by atoms with Crippen LogP contribution in [-0.2, 0) is 0 Å². The number of carbonyl (C=O) groups excluding carboxylic acids is 1. The van der Waals surface area contributed by atoms with Crippen LogP contribution in [0.15, 0.2) is 17.1 Å². The molecule has 4 nitrogen and oxygen atoms in total. The van der Waals surface area contributed by atoms with Crippen molar-refractivity contribution in [3.8, 4) is 0 Å². The molecule has 2 atom stereocenters. The van der Waals surface area contributed by atoms with Gasteiger partial charge in [-0.3, -0.25) is 4.79 Å². The Hall–Kier alpha value is -1.32. The first kappa shape index (κ1) is 8.29. The molecule has 13 heavy (non-hydrogen) atoms. The van der Waals surface area contributed by atoms with E-state index in [1.54, 1.807) is 0 Å². The van der Waals surface area contributed by atoms with Crippen LogP contribution in [-0.4, -0.2) is 16.9 Å². The van der Waals surface area contributed by atoms with Gasteiger partial charge in [0.2, 0.25) is 0 Å². The van der Waals surface area contributed by atoms with Crippen LogP contribution in [0.4, 0.5) is 0 Å². The van der Waals surface area contributed by atoms with Gasteiger partial charge < -0.3 is 9.73 Å². The highest BCUT2D eigenvalue weighted by atomic mass is 16.3. The Morgan fingerprint density at radius 2 is 2.69 bits per heavy atom. The molecule has 0 bridgehead atoms. The summed E-state index contributed by atoms with van der Waals surface area (Å²) < 4.78 is 4.72. The predicted octanol–water partition coefficient (Wildman–Crippen LogP) is 1.20. The molecule has 0 radical (unpaired) electrons. The van der Waals surface area contributed by atoms with Crippen LogP contribution < -0.4 is 5.32 Å². The summed E-state index contributed by atoms with van der Waals surface area (Å²) in [7, 11) is 0. The zero-order chi connectivity index (χ0) is 9.26. The third-order valence-electron chi connectivity index (χ3n) is 2.43. The molecule has 0 aliphatic heterocycles. The number of aromatic nitrogens is 1. The second kappa shape index (κ2) is 3.20. The van der Waals surface area contributed by atoms with Crippen LogP contribution in [0.25, 0.3) is 0 Å². The molecule has 2 rings (SSSR count). The third kappa shape index (κ3) is 1.71. The van der Waals surface area contributed by atoms with Gasteiger partial charge >= 0.3 is 0 Å². The molecule has 1 aliphatic carbocycles. The molecule has 4 heteroatoms. The van der Waals surface area contributed by atoms with Crippen molar-refractivity contribution in [1.82, 2.24) is 10.3 Å². The molecular weight excluding hydrogens is 168 g/mol. The molecule has 70 valence electrons. The molecule has 1 N–H and O–H groups in total. The zero-order valence-electron chi connectivity index (χ0n) is 7.49. The second-order valence-corrected chi connectivity index (χ2v) is 3.36. The van der Waals surface area contributed by atoms with Gasteiger partial charge in [0.1, 0.15) is 6.26 Å². The van der Waals surface area contributed by atoms with Crippen molar-refractivity contribution in [2.24, 2.45) is 5.92 Å². The monoisotopic (exact) mass is 180 g/mol. The van der Waals surface area contributed by atoms with E-state index in [0.29, 0.717) is 17.7 Å². The van der Waals surface area contributed by atoms with E-state index in [1.807, 2.05) is 0 Å². The molecule has 1 aromatic rings. The summed E-state index contributed by atoms with van der Waals surface area (Å²) in [5, 5.41) is 2.90. The van der Waals surface area contributed by atoms with Crippen LogP contribution in [0, 0.1) is 5.92 Å². The minimum Gasteiger partial charge on any atom is -0.451 e. The molecule has 1 aliphatic rings. The van der Waals surface area contributed by atoms with Gasteiger partial charge in [-0.25, -0.2) is 4.98 Å². The number of rotatable bonds is 3. The average Bonchev–Trinajstić information content (AvgIpc) is 2.68. The Morgan fingerprint density at radius 1 is 1.85 bits per heavy atom. The summed E-state index contributed by atoms with van der Waals surface area (Å²) in [6.45, 7) is 2.13. The highest BCUT2D eigenvalue weighted by molar-refractivity contribution is 5.92. The number of amides is 1. The Bertz CT molecular complexity index is 295. The summed E-state index contributed by atoms with van der Waals surface area (Å²) in [6, 6.07) is 0.356. The number of nitrogens with one attached hydrogen (secondary N) is 1. The Labute approximate surface area is 76.3 Å². The van der Waals surface area contributed by atoms with Crippen LogP contribution >= 0.6 is 0 Å². The first-order chi connectivity index (χ1) is 6.31. The van der Waals surface area contributed by atoms with E-state index in [4.69, 9.17) is 4.42 Å². The zero-order valence-corrected chi connectivity index (χ0v) is 7.49. The summed E-state index contributed by atoms with van der Waals surface area (Å²) >= 11 is 0. The van der Waals surface area contributed by atoms with Crippen molar-refractivity contribution in [2.45, 2.75) is 25.8 Å².